The number of rotatable bonds is 16. The number of imide groups is 1. The Morgan fingerprint density at radius 3 is 2.45 bits per heavy atom. The summed E-state index contributed by atoms with van der Waals surface area (Å²) in [5, 5.41) is 13.0. The first-order chi connectivity index (χ1) is 31.0. The van der Waals surface area contributed by atoms with Gasteiger partial charge in [-0.2, -0.15) is 10.1 Å². The molecular formula is C52H69FN8O4. The van der Waals surface area contributed by atoms with Crippen LogP contribution in [0, 0.1) is 18.7 Å². The third-order valence-corrected chi connectivity index (χ3v) is 12.4. The number of allylic oxidation sites excluding steroid dienone is 2. The molecule has 13 heteroatoms. The first-order valence-electron chi connectivity index (χ1n) is 23.0. The number of nitrogens with one attached hydrogen (secondary N) is 2. The van der Waals surface area contributed by atoms with Crippen LogP contribution in [0.3, 0.4) is 0 Å². The summed E-state index contributed by atoms with van der Waals surface area (Å²) in [5.41, 5.74) is 6.69. The summed E-state index contributed by atoms with van der Waals surface area (Å²) in [7, 11) is 0. The lowest BCUT2D eigenvalue weighted by atomic mass is 9.75. The van der Waals surface area contributed by atoms with Gasteiger partial charge in [0.15, 0.2) is 5.82 Å². The van der Waals surface area contributed by atoms with Gasteiger partial charge in [0.05, 0.1) is 16.6 Å². The highest BCUT2D eigenvalue weighted by atomic mass is 19.1. The summed E-state index contributed by atoms with van der Waals surface area (Å²) in [6.07, 6.45) is 15.9. The molecule has 2 aliphatic rings. The second-order valence-corrected chi connectivity index (χ2v) is 19.0. The fourth-order valence-corrected chi connectivity index (χ4v) is 8.19. The van der Waals surface area contributed by atoms with Crippen LogP contribution >= 0.6 is 0 Å². The molecule has 2 aliphatic heterocycles. The standard InChI is InChI=1S/C35H39FN6O3.C10H18.C7H12N2O/c1-35(14-11-32(44)40-34(35)45)29-9-7-25(8-10-29)26-12-16-41(17-13-26)15-3-2-4-24-18-31-33(38-22-39-42(31)21-24)27-5-6-28(20-37-23-43)30(36)19-27;1-5-6-10(4)8-7-9(2)3;1-5-8-6(10-9-5)7(2,3)4/h5-10,18-19,21-23,26H,2-4,11-17,20H2,1H3,(H,37,43)(H,40,44,45);5,10H,1-2,6-8H2,3-4H3;1-4H3. The Kier molecular flexibility index (Phi) is 18.1. The Labute approximate surface area is 384 Å². The molecule has 5 aromatic rings. The number of halogens is 1. The predicted molar refractivity (Wildman–Crippen MR) is 255 cm³/mol. The molecule has 2 aromatic carbocycles. The second kappa shape index (κ2) is 23.4. The first kappa shape index (κ1) is 50.2. The number of amides is 3. The van der Waals surface area contributed by atoms with E-state index in [1.54, 1.807) is 10.6 Å². The van der Waals surface area contributed by atoms with Crippen molar-refractivity contribution in [3.05, 3.63) is 126 Å². The van der Waals surface area contributed by atoms with Gasteiger partial charge in [0.1, 0.15) is 12.1 Å². The van der Waals surface area contributed by atoms with E-state index < -0.39 is 5.41 Å². The van der Waals surface area contributed by atoms with Gasteiger partial charge in [-0.05, 0) is 139 Å². The number of nitrogens with zero attached hydrogens (tertiary/aromatic N) is 6. The second-order valence-electron chi connectivity index (χ2n) is 19.0. The van der Waals surface area contributed by atoms with Crippen molar-refractivity contribution in [2.45, 2.75) is 136 Å². The molecule has 0 saturated carbocycles. The maximum Gasteiger partial charge on any atom is 0.236 e. The van der Waals surface area contributed by atoms with Crippen molar-refractivity contribution in [3.8, 4) is 11.3 Å². The van der Waals surface area contributed by atoms with Crippen molar-refractivity contribution in [1.29, 1.82) is 0 Å². The molecule has 2 atom stereocenters. The van der Waals surface area contributed by atoms with Gasteiger partial charge in [-0.25, -0.2) is 13.9 Å². The van der Waals surface area contributed by atoms with Crippen molar-refractivity contribution in [2.24, 2.45) is 5.92 Å². The molecule has 0 bridgehead atoms. The average molecular weight is 889 g/mol. The van der Waals surface area contributed by atoms with Crippen molar-refractivity contribution < 1.29 is 23.3 Å². The minimum atomic E-state index is -0.651. The molecule has 3 amide bonds. The molecular weight excluding hydrogens is 820 g/mol. The molecule has 0 spiro atoms. The SMILES string of the molecule is C=CCC(C)CCC(=C)C.CC1(c2ccc(C3CCN(CCCCc4cc5c(-c6ccc(CNC=O)c(F)c6)ncnn5c4)CC3)cc2)CCC(=O)NC1=O.Cc1noc(C(C)(C)C)n1. The molecule has 3 aromatic heterocycles. The van der Waals surface area contributed by atoms with E-state index in [1.165, 1.54) is 35.5 Å². The van der Waals surface area contributed by atoms with Crippen LogP contribution in [-0.2, 0) is 38.2 Å². The normalized spacial score (nSPS) is 17.3. The van der Waals surface area contributed by atoms with Crippen LogP contribution in [-0.4, -0.2) is 67.5 Å². The topological polar surface area (TPSA) is 148 Å². The molecule has 0 radical (unpaired) electrons. The van der Waals surface area contributed by atoms with Gasteiger partial charge in [0.25, 0.3) is 0 Å². The summed E-state index contributed by atoms with van der Waals surface area (Å²) < 4.78 is 21.4. The summed E-state index contributed by atoms with van der Waals surface area (Å²) >= 11 is 0. The zero-order chi connectivity index (χ0) is 47.1. The Morgan fingerprint density at radius 2 is 1.85 bits per heavy atom. The zero-order valence-corrected chi connectivity index (χ0v) is 39.6. The fraction of sp³-hybridized carbons (Fsp3) is 0.481. The molecule has 2 N–H and O–H groups in total. The smallest absolute Gasteiger partial charge is 0.236 e. The van der Waals surface area contributed by atoms with Crippen molar-refractivity contribution >= 4 is 23.7 Å². The number of aryl methyl sites for hydroxylation is 2. The van der Waals surface area contributed by atoms with Gasteiger partial charge in [-0.15, -0.1) is 13.2 Å². The first-order valence-corrected chi connectivity index (χ1v) is 23.0. The third-order valence-electron chi connectivity index (χ3n) is 12.4. The molecule has 5 heterocycles. The van der Waals surface area contributed by atoms with Gasteiger partial charge >= 0.3 is 0 Å². The van der Waals surface area contributed by atoms with E-state index in [1.807, 2.05) is 53.0 Å². The summed E-state index contributed by atoms with van der Waals surface area (Å²) in [5.74, 6) is 1.92. The number of aromatic nitrogens is 5. The van der Waals surface area contributed by atoms with Crippen LogP contribution in [0.15, 0.2) is 90.4 Å². The minimum Gasteiger partial charge on any atom is -0.354 e. The number of carbonyl (C=O) groups excluding carboxylic acids is 3. The minimum absolute atomic E-state index is 0.0265. The van der Waals surface area contributed by atoms with Gasteiger partial charge in [-0.1, -0.05) is 80.9 Å². The number of hydrogen-bond acceptors (Lipinski definition) is 9. The molecule has 2 unspecified atom stereocenters. The predicted octanol–water partition coefficient (Wildman–Crippen LogP) is 9.91. The molecule has 2 fully saturated rings. The van der Waals surface area contributed by atoms with E-state index in [4.69, 9.17) is 4.52 Å². The zero-order valence-electron chi connectivity index (χ0n) is 39.6. The monoisotopic (exact) mass is 889 g/mol. The summed E-state index contributed by atoms with van der Waals surface area (Å²) in [4.78, 5) is 45.8. The number of fused-ring (bicyclic) bond motifs is 1. The number of carbonyl (C=O) groups is 3. The van der Waals surface area contributed by atoms with Crippen LogP contribution in [0.4, 0.5) is 4.39 Å². The average Bonchev–Trinajstić information content (AvgIpc) is 3.93. The Hall–Kier alpha value is -5.82. The maximum atomic E-state index is 14.6. The number of likely N-dealkylation sites (tertiary alicyclic amines) is 1. The van der Waals surface area contributed by atoms with E-state index in [0.717, 1.165) is 81.6 Å². The van der Waals surface area contributed by atoms with Gasteiger partial charge < -0.3 is 14.7 Å². The highest BCUT2D eigenvalue weighted by Gasteiger charge is 2.40. The van der Waals surface area contributed by atoms with E-state index >= 15 is 0 Å². The molecule has 65 heavy (non-hydrogen) atoms. The molecule has 0 aliphatic carbocycles. The highest BCUT2D eigenvalue weighted by molar-refractivity contribution is 6.03. The highest BCUT2D eigenvalue weighted by Crippen LogP contribution is 2.35. The van der Waals surface area contributed by atoms with Crippen LogP contribution in [0.1, 0.15) is 139 Å². The van der Waals surface area contributed by atoms with Crippen LogP contribution in [0.2, 0.25) is 0 Å². The van der Waals surface area contributed by atoms with Crippen molar-refractivity contribution in [2.75, 3.05) is 19.6 Å². The van der Waals surface area contributed by atoms with Gasteiger partial charge in [0.2, 0.25) is 24.1 Å². The maximum absolute atomic E-state index is 14.6. The lowest BCUT2D eigenvalue weighted by molar-refractivity contribution is -0.137. The third kappa shape index (κ3) is 14.3. The van der Waals surface area contributed by atoms with Crippen LogP contribution in [0.25, 0.3) is 16.8 Å². The van der Waals surface area contributed by atoms with Gasteiger partial charge in [-0.3, -0.25) is 19.7 Å². The van der Waals surface area contributed by atoms with Crippen LogP contribution < -0.4 is 10.6 Å². The van der Waals surface area contributed by atoms with Crippen molar-refractivity contribution in [3.63, 3.8) is 0 Å². The van der Waals surface area contributed by atoms with E-state index in [2.05, 4.69) is 93.1 Å². The molecule has 2 saturated heterocycles. The number of piperidine rings is 2. The van der Waals surface area contributed by atoms with E-state index in [9.17, 15) is 18.8 Å². The number of benzene rings is 2. The Balaban J connectivity index is 0.000000327. The van der Waals surface area contributed by atoms with Crippen LogP contribution in [0.5, 0.6) is 0 Å². The number of hydrogen-bond donors (Lipinski definition) is 2. The fourth-order valence-electron chi connectivity index (χ4n) is 8.19. The largest absolute Gasteiger partial charge is 0.354 e. The number of unbranched alkanes of at least 4 members (excludes halogenated alkanes) is 1. The quantitative estimate of drug-likeness (QED) is 0.0428. The Morgan fingerprint density at radius 1 is 1.11 bits per heavy atom. The summed E-state index contributed by atoms with van der Waals surface area (Å²) in [6, 6.07) is 15.5. The molecule has 348 valence electrons. The molecule has 7 rings (SSSR count). The van der Waals surface area contributed by atoms with E-state index in [-0.39, 0.29) is 29.6 Å². The molecule has 12 nitrogen and oxygen atoms in total. The van der Waals surface area contributed by atoms with Crippen molar-refractivity contribution in [1.82, 2.24) is 40.3 Å². The summed E-state index contributed by atoms with van der Waals surface area (Å²) in [6.45, 7) is 25.1. The Bertz CT molecular complexity index is 2370. The lowest BCUT2D eigenvalue weighted by Gasteiger charge is -2.34. The lowest BCUT2D eigenvalue weighted by Crippen LogP contribution is -2.49. The van der Waals surface area contributed by atoms with E-state index in [0.29, 0.717) is 53.7 Å². The van der Waals surface area contributed by atoms with Gasteiger partial charge in [0, 0.05) is 35.7 Å².